The van der Waals surface area contributed by atoms with Crippen molar-refractivity contribution in [1.82, 2.24) is 14.4 Å². The third-order valence-electron chi connectivity index (χ3n) is 2.78. The molecule has 3 rings (SSSR count). The molecule has 0 unspecified atom stereocenters. The Bertz CT molecular complexity index is 785. The molecule has 2 N–H and O–H groups in total. The average molecular weight is 265 g/mol. The molecule has 1 aromatic carbocycles. The number of aromatic nitrogens is 3. The number of fused-ring (bicyclic) bond motifs is 1. The van der Waals surface area contributed by atoms with Crippen molar-refractivity contribution in [3.8, 4) is 17.7 Å². The van der Waals surface area contributed by atoms with Gasteiger partial charge in [-0.05, 0) is 17.7 Å². The molecule has 0 atom stereocenters. The SMILES string of the molecule is N#CCc1ccc(Oc2nc(N)cn3ccnc23)cc1. The minimum Gasteiger partial charge on any atom is -0.436 e. The van der Waals surface area contributed by atoms with Gasteiger partial charge in [-0.2, -0.15) is 10.2 Å². The minimum atomic E-state index is 0.350. The van der Waals surface area contributed by atoms with Crippen LogP contribution in [0.25, 0.3) is 5.65 Å². The van der Waals surface area contributed by atoms with Crippen molar-refractivity contribution >= 4 is 11.5 Å². The normalized spacial score (nSPS) is 10.3. The predicted molar refractivity (Wildman–Crippen MR) is 73.2 cm³/mol. The van der Waals surface area contributed by atoms with Crippen LogP contribution in [0.3, 0.4) is 0 Å². The van der Waals surface area contributed by atoms with Crippen molar-refractivity contribution in [3.63, 3.8) is 0 Å². The predicted octanol–water partition coefficient (Wildman–Crippen LogP) is 2.17. The van der Waals surface area contributed by atoms with Crippen LogP contribution in [0.2, 0.25) is 0 Å². The summed E-state index contributed by atoms with van der Waals surface area (Å²) in [6, 6.07) is 9.36. The highest BCUT2D eigenvalue weighted by Crippen LogP contribution is 2.24. The van der Waals surface area contributed by atoms with Gasteiger partial charge in [-0.3, -0.25) is 4.40 Å². The van der Waals surface area contributed by atoms with Crippen molar-refractivity contribution < 1.29 is 4.74 Å². The maximum absolute atomic E-state index is 8.63. The smallest absolute Gasteiger partial charge is 0.265 e. The largest absolute Gasteiger partial charge is 0.436 e. The van der Waals surface area contributed by atoms with Gasteiger partial charge < -0.3 is 10.5 Å². The van der Waals surface area contributed by atoms with Crippen LogP contribution < -0.4 is 10.5 Å². The van der Waals surface area contributed by atoms with Crippen LogP contribution in [-0.2, 0) is 6.42 Å². The highest BCUT2D eigenvalue weighted by molar-refractivity contribution is 5.54. The molecule has 0 aliphatic carbocycles. The second kappa shape index (κ2) is 4.90. The highest BCUT2D eigenvalue weighted by Gasteiger charge is 2.08. The van der Waals surface area contributed by atoms with Crippen LogP contribution in [0.15, 0.2) is 42.9 Å². The molecule has 0 aliphatic heterocycles. The summed E-state index contributed by atoms with van der Waals surface area (Å²) in [5.41, 5.74) is 7.26. The van der Waals surface area contributed by atoms with Gasteiger partial charge in [0.15, 0.2) is 0 Å². The fourth-order valence-corrected chi connectivity index (χ4v) is 1.87. The second-order valence-electron chi connectivity index (χ2n) is 4.21. The van der Waals surface area contributed by atoms with E-state index in [0.29, 0.717) is 29.5 Å². The van der Waals surface area contributed by atoms with Gasteiger partial charge in [-0.1, -0.05) is 12.1 Å². The first-order valence-electron chi connectivity index (χ1n) is 5.99. The summed E-state index contributed by atoms with van der Waals surface area (Å²) in [6.07, 6.45) is 5.47. The molecule has 0 saturated heterocycles. The summed E-state index contributed by atoms with van der Waals surface area (Å²) in [7, 11) is 0. The van der Waals surface area contributed by atoms with Gasteiger partial charge in [0.05, 0.1) is 18.7 Å². The number of anilines is 1. The van der Waals surface area contributed by atoms with E-state index in [2.05, 4.69) is 16.0 Å². The number of nitriles is 1. The number of benzene rings is 1. The summed E-state index contributed by atoms with van der Waals surface area (Å²) in [4.78, 5) is 8.33. The lowest BCUT2D eigenvalue weighted by molar-refractivity contribution is 0.466. The van der Waals surface area contributed by atoms with E-state index in [1.165, 1.54) is 0 Å². The molecule has 6 nitrogen and oxygen atoms in total. The molecular weight excluding hydrogens is 254 g/mol. The van der Waals surface area contributed by atoms with Crippen molar-refractivity contribution in [1.29, 1.82) is 5.26 Å². The van der Waals surface area contributed by atoms with Crippen LogP contribution in [-0.4, -0.2) is 14.4 Å². The zero-order valence-electron chi connectivity index (χ0n) is 10.5. The fourth-order valence-electron chi connectivity index (χ4n) is 1.87. The van der Waals surface area contributed by atoms with Gasteiger partial charge >= 0.3 is 0 Å². The Labute approximate surface area is 115 Å². The quantitative estimate of drug-likeness (QED) is 0.783. The molecular formula is C14H11N5O. The van der Waals surface area contributed by atoms with E-state index in [-0.39, 0.29) is 0 Å². The van der Waals surface area contributed by atoms with Crippen LogP contribution in [0.1, 0.15) is 5.56 Å². The topological polar surface area (TPSA) is 89.2 Å². The summed E-state index contributed by atoms with van der Waals surface area (Å²) in [5.74, 6) is 1.32. The lowest BCUT2D eigenvalue weighted by Gasteiger charge is -2.07. The molecule has 0 radical (unpaired) electrons. The van der Waals surface area contributed by atoms with Crippen LogP contribution in [0.4, 0.5) is 5.82 Å². The number of nitrogens with zero attached hydrogens (tertiary/aromatic N) is 4. The fraction of sp³-hybridized carbons (Fsp3) is 0.0714. The Balaban J connectivity index is 1.93. The van der Waals surface area contributed by atoms with Gasteiger partial charge in [0, 0.05) is 12.4 Å². The number of nitrogens with two attached hydrogens (primary N) is 1. The Morgan fingerprint density at radius 3 is 2.85 bits per heavy atom. The van der Waals surface area contributed by atoms with Crippen molar-refractivity contribution in [3.05, 3.63) is 48.4 Å². The summed E-state index contributed by atoms with van der Waals surface area (Å²) in [5, 5.41) is 8.63. The molecule has 3 aromatic rings. The Morgan fingerprint density at radius 2 is 2.10 bits per heavy atom. The number of imidazole rings is 1. The maximum atomic E-state index is 8.63. The van der Waals surface area contributed by atoms with E-state index >= 15 is 0 Å². The highest BCUT2D eigenvalue weighted by atomic mass is 16.5. The van der Waals surface area contributed by atoms with Crippen LogP contribution in [0, 0.1) is 11.3 Å². The van der Waals surface area contributed by atoms with Crippen molar-refractivity contribution in [2.75, 3.05) is 5.73 Å². The van der Waals surface area contributed by atoms with E-state index in [1.807, 2.05) is 12.1 Å². The summed E-state index contributed by atoms with van der Waals surface area (Å²) in [6.45, 7) is 0. The monoisotopic (exact) mass is 265 g/mol. The zero-order valence-corrected chi connectivity index (χ0v) is 10.5. The van der Waals surface area contributed by atoms with E-state index in [9.17, 15) is 0 Å². The third-order valence-corrected chi connectivity index (χ3v) is 2.78. The van der Waals surface area contributed by atoms with Crippen molar-refractivity contribution in [2.45, 2.75) is 6.42 Å². The number of hydrogen-bond acceptors (Lipinski definition) is 5. The first-order chi connectivity index (χ1) is 9.76. The zero-order chi connectivity index (χ0) is 13.9. The van der Waals surface area contributed by atoms with Gasteiger partial charge in [0.25, 0.3) is 5.88 Å². The molecule has 0 fully saturated rings. The molecule has 98 valence electrons. The van der Waals surface area contributed by atoms with Crippen LogP contribution in [0.5, 0.6) is 11.6 Å². The lowest BCUT2D eigenvalue weighted by Crippen LogP contribution is -1.99. The molecule has 20 heavy (non-hydrogen) atoms. The van der Waals surface area contributed by atoms with E-state index < -0.39 is 0 Å². The standard InChI is InChI=1S/C14H11N5O/c15-6-5-10-1-3-11(4-2-10)20-14-13-17-7-8-19(13)9-12(16)18-14/h1-4,7-9H,5,16H2. The third kappa shape index (κ3) is 2.24. The lowest BCUT2D eigenvalue weighted by atomic mass is 10.2. The Hall–Kier alpha value is -3.07. The van der Waals surface area contributed by atoms with E-state index in [1.54, 1.807) is 35.1 Å². The average Bonchev–Trinajstić information content (AvgIpc) is 2.89. The molecule has 0 aliphatic rings. The number of ether oxygens (including phenoxy) is 1. The van der Waals surface area contributed by atoms with Gasteiger partial charge in [0.2, 0.25) is 5.65 Å². The Morgan fingerprint density at radius 1 is 1.30 bits per heavy atom. The summed E-state index contributed by atoms with van der Waals surface area (Å²) >= 11 is 0. The van der Waals surface area contributed by atoms with E-state index in [0.717, 1.165) is 5.56 Å². The molecule has 0 bridgehead atoms. The van der Waals surface area contributed by atoms with Gasteiger partial charge in [-0.15, -0.1) is 0 Å². The number of hydrogen-bond donors (Lipinski definition) is 1. The first kappa shape index (κ1) is 12.0. The molecule has 0 spiro atoms. The van der Waals surface area contributed by atoms with Crippen molar-refractivity contribution in [2.24, 2.45) is 0 Å². The van der Waals surface area contributed by atoms with Gasteiger partial charge in [-0.25, -0.2) is 4.98 Å². The first-order valence-corrected chi connectivity index (χ1v) is 5.99. The summed E-state index contributed by atoms with van der Waals surface area (Å²) < 4.78 is 7.46. The molecule has 0 saturated carbocycles. The molecule has 2 heterocycles. The Kier molecular flexibility index (Phi) is 2.94. The number of nitrogen functional groups attached to an aromatic ring is 1. The van der Waals surface area contributed by atoms with Gasteiger partial charge in [0.1, 0.15) is 11.6 Å². The molecule has 0 amide bonds. The molecule has 6 heteroatoms. The minimum absolute atomic E-state index is 0.350. The maximum Gasteiger partial charge on any atom is 0.265 e. The molecule has 2 aromatic heterocycles. The van der Waals surface area contributed by atoms with E-state index in [4.69, 9.17) is 15.7 Å². The van der Waals surface area contributed by atoms with Crippen LogP contribution >= 0.6 is 0 Å². The second-order valence-corrected chi connectivity index (χ2v) is 4.21. The number of rotatable bonds is 3.